The molecule has 0 aliphatic heterocycles. The van der Waals surface area contributed by atoms with Crippen molar-refractivity contribution in [3.05, 3.63) is 35.4 Å². The van der Waals surface area contributed by atoms with Gasteiger partial charge >= 0.3 is 0 Å². The van der Waals surface area contributed by atoms with Gasteiger partial charge in [0.15, 0.2) is 0 Å². The van der Waals surface area contributed by atoms with Gasteiger partial charge in [-0.05, 0) is 30.4 Å². The Hall–Kier alpha value is -0.900. The van der Waals surface area contributed by atoms with Crippen molar-refractivity contribution in [1.82, 2.24) is 5.32 Å². The van der Waals surface area contributed by atoms with Crippen LogP contribution in [0.3, 0.4) is 0 Å². The molecule has 19 heavy (non-hydrogen) atoms. The molecule has 1 aromatic carbocycles. The van der Waals surface area contributed by atoms with Crippen LogP contribution in [-0.2, 0) is 0 Å². The summed E-state index contributed by atoms with van der Waals surface area (Å²) in [5.74, 6) is 0. The largest absolute Gasteiger partial charge is 0.389 e. The van der Waals surface area contributed by atoms with E-state index in [9.17, 15) is 5.11 Å². The second kappa shape index (κ2) is 5.23. The Kier molecular flexibility index (Phi) is 3.61. The van der Waals surface area contributed by atoms with Crippen LogP contribution in [0, 0.1) is 0 Å². The minimum Gasteiger partial charge on any atom is -0.389 e. The maximum Gasteiger partial charge on any atom is 0.0771 e. The van der Waals surface area contributed by atoms with Gasteiger partial charge in [-0.2, -0.15) is 0 Å². The van der Waals surface area contributed by atoms with Crippen molar-refractivity contribution in [3.8, 4) is 0 Å². The lowest BCUT2D eigenvalue weighted by Crippen LogP contribution is -2.43. The first-order valence-corrected chi connectivity index (χ1v) is 7.48. The van der Waals surface area contributed by atoms with E-state index in [1.807, 2.05) is 0 Å². The summed E-state index contributed by atoms with van der Waals surface area (Å²) in [5.41, 5.74) is 8.25. The average molecular weight is 260 g/mol. The number of hydrogen-bond donors (Lipinski definition) is 3. The van der Waals surface area contributed by atoms with Gasteiger partial charge < -0.3 is 16.2 Å². The highest BCUT2D eigenvalue weighted by atomic mass is 16.3. The zero-order valence-electron chi connectivity index (χ0n) is 11.4. The normalized spacial score (nSPS) is 29.2. The first-order valence-electron chi connectivity index (χ1n) is 7.48. The molecule has 1 fully saturated rings. The molecule has 3 nitrogen and oxygen atoms in total. The fraction of sp³-hybridized carbons (Fsp3) is 0.625. The van der Waals surface area contributed by atoms with E-state index in [2.05, 4.69) is 29.6 Å². The topological polar surface area (TPSA) is 58.3 Å². The minimum atomic E-state index is -0.500. The van der Waals surface area contributed by atoms with E-state index in [1.54, 1.807) is 0 Å². The van der Waals surface area contributed by atoms with Gasteiger partial charge in [0.25, 0.3) is 0 Å². The van der Waals surface area contributed by atoms with Gasteiger partial charge in [-0.3, -0.25) is 0 Å². The van der Waals surface area contributed by atoms with Gasteiger partial charge in [-0.25, -0.2) is 0 Å². The summed E-state index contributed by atoms with van der Waals surface area (Å²) >= 11 is 0. The van der Waals surface area contributed by atoms with Crippen molar-refractivity contribution in [3.63, 3.8) is 0 Å². The third-order valence-corrected chi connectivity index (χ3v) is 4.72. The van der Waals surface area contributed by atoms with Crippen LogP contribution in [0.25, 0.3) is 0 Å². The van der Waals surface area contributed by atoms with Gasteiger partial charge in [0, 0.05) is 18.6 Å². The highest BCUT2D eigenvalue weighted by molar-refractivity contribution is 5.37. The van der Waals surface area contributed by atoms with E-state index in [0.717, 1.165) is 32.1 Å². The maximum atomic E-state index is 10.6. The molecule has 4 N–H and O–H groups in total. The summed E-state index contributed by atoms with van der Waals surface area (Å²) in [6.07, 6.45) is 6.37. The molecule has 0 radical (unpaired) electrons. The SMILES string of the molecule is NC1CC(NCC2(O)CCCCC2)c2ccccc21. The molecule has 1 aromatic rings. The Morgan fingerprint density at radius 3 is 2.58 bits per heavy atom. The lowest BCUT2D eigenvalue weighted by molar-refractivity contribution is 0.00251. The fourth-order valence-corrected chi connectivity index (χ4v) is 3.57. The van der Waals surface area contributed by atoms with Crippen molar-refractivity contribution in [2.24, 2.45) is 5.73 Å². The molecule has 0 spiro atoms. The predicted molar refractivity (Wildman–Crippen MR) is 76.8 cm³/mol. The van der Waals surface area contributed by atoms with Gasteiger partial charge in [0.1, 0.15) is 0 Å². The molecule has 2 atom stereocenters. The van der Waals surface area contributed by atoms with Crippen LogP contribution in [0.1, 0.15) is 61.7 Å². The van der Waals surface area contributed by atoms with Crippen LogP contribution in [-0.4, -0.2) is 17.3 Å². The average Bonchev–Trinajstić information content (AvgIpc) is 2.75. The van der Waals surface area contributed by atoms with Gasteiger partial charge in [-0.15, -0.1) is 0 Å². The molecule has 0 aromatic heterocycles. The number of fused-ring (bicyclic) bond motifs is 1. The monoisotopic (exact) mass is 260 g/mol. The molecular formula is C16H24N2O. The lowest BCUT2D eigenvalue weighted by Gasteiger charge is -2.33. The number of aliphatic hydroxyl groups is 1. The zero-order valence-corrected chi connectivity index (χ0v) is 11.4. The zero-order chi connectivity index (χ0) is 13.3. The van der Waals surface area contributed by atoms with Crippen LogP contribution in [0.5, 0.6) is 0 Å². The molecule has 0 bridgehead atoms. The van der Waals surface area contributed by atoms with Crippen LogP contribution in [0.2, 0.25) is 0 Å². The van der Waals surface area contributed by atoms with Gasteiger partial charge in [-0.1, -0.05) is 43.5 Å². The summed E-state index contributed by atoms with van der Waals surface area (Å²) in [6, 6.07) is 8.84. The van der Waals surface area contributed by atoms with Crippen LogP contribution >= 0.6 is 0 Å². The second-order valence-electron chi connectivity index (χ2n) is 6.19. The third kappa shape index (κ3) is 2.69. The van der Waals surface area contributed by atoms with Crippen molar-refractivity contribution in [2.45, 2.75) is 56.2 Å². The Labute approximate surface area is 115 Å². The molecule has 3 rings (SSSR count). The van der Waals surface area contributed by atoms with Crippen molar-refractivity contribution in [2.75, 3.05) is 6.54 Å². The first kappa shape index (κ1) is 13.1. The number of hydrogen-bond acceptors (Lipinski definition) is 3. The summed E-state index contributed by atoms with van der Waals surface area (Å²) in [6.45, 7) is 0.693. The Morgan fingerprint density at radius 2 is 1.84 bits per heavy atom. The first-order chi connectivity index (χ1) is 9.18. The van der Waals surface area contributed by atoms with Crippen LogP contribution in [0.15, 0.2) is 24.3 Å². The quantitative estimate of drug-likeness (QED) is 0.782. The summed E-state index contributed by atoms with van der Waals surface area (Å²) in [4.78, 5) is 0. The molecule has 1 saturated carbocycles. The van der Waals surface area contributed by atoms with E-state index in [-0.39, 0.29) is 6.04 Å². The second-order valence-corrected chi connectivity index (χ2v) is 6.19. The number of nitrogens with two attached hydrogens (primary N) is 1. The van der Waals surface area contributed by atoms with Crippen molar-refractivity contribution >= 4 is 0 Å². The standard InChI is InChI=1S/C16H24N2O/c17-14-10-15(13-7-3-2-6-12(13)14)18-11-16(19)8-4-1-5-9-16/h2-3,6-7,14-15,18-19H,1,4-5,8-11,17H2. The Morgan fingerprint density at radius 1 is 1.16 bits per heavy atom. The molecule has 3 heteroatoms. The number of nitrogens with one attached hydrogen (secondary N) is 1. The van der Waals surface area contributed by atoms with Gasteiger partial charge in [0.2, 0.25) is 0 Å². The highest BCUT2D eigenvalue weighted by Crippen LogP contribution is 2.37. The molecule has 2 unspecified atom stereocenters. The number of rotatable bonds is 3. The molecule has 0 saturated heterocycles. The van der Waals surface area contributed by atoms with E-state index in [4.69, 9.17) is 5.73 Å². The summed E-state index contributed by atoms with van der Waals surface area (Å²) in [7, 11) is 0. The van der Waals surface area contributed by atoms with Crippen molar-refractivity contribution < 1.29 is 5.11 Å². The van der Waals surface area contributed by atoms with E-state index >= 15 is 0 Å². The lowest BCUT2D eigenvalue weighted by atomic mass is 9.84. The maximum absolute atomic E-state index is 10.6. The van der Waals surface area contributed by atoms with E-state index in [1.165, 1.54) is 17.5 Å². The van der Waals surface area contributed by atoms with Gasteiger partial charge in [0.05, 0.1) is 5.60 Å². The molecular weight excluding hydrogens is 236 g/mol. The van der Waals surface area contributed by atoms with Crippen LogP contribution in [0.4, 0.5) is 0 Å². The minimum absolute atomic E-state index is 0.134. The molecule has 0 heterocycles. The third-order valence-electron chi connectivity index (χ3n) is 4.72. The van der Waals surface area contributed by atoms with E-state index < -0.39 is 5.60 Å². The van der Waals surface area contributed by atoms with Crippen LogP contribution < -0.4 is 11.1 Å². The summed E-state index contributed by atoms with van der Waals surface area (Å²) < 4.78 is 0. The highest BCUT2D eigenvalue weighted by Gasteiger charge is 2.33. The molecule has 2 aliphatic rings. The van der Waals surface area contributed by atoms with Crippen molar-refractivity contribution in [1.29, 1.82) is 0 Å². The Bertz CT molecular complexity index is 440. The van der Waals surface area contributed by atoms with E-state index in [0.29, 0.717) is 12.6 Å². The predicted octanol–water partition coefficient (Wildman–Crippen LogP) is 2.42. The molecule has 104 valence electrons. The summed E-state index contributed by atoms with van der Waals surface area (Å²) in [5, 5.41) is 14.1. The smallest absolute Gasteiger partial charge is 0.0771 e. The Balaban J connectivity index is 1.65. The molecule has 0 amide bonds. The fourth-order valence-electron chi connectivity index (χ4n) is 3.57. The number of benzene rings is 1. The molecule has 2 aliphatic carbocycles.